The van der Waals surface area contributed by atoms with Crippen LogP contribution in [0.5, 0.6) is 17.2 Å². The minimum absolute atomic E-state index is 0. The van der Waals surface area contributed by atoms with E-state index in [0.29, 0.717) is 22.9 Å². The molecule has 0 aliphatic carbocycles. The largest absolute Gasteiger partial charge is 2.00 e. The van der Waals surface area contributed by atoms with Crippen molar-refractivity contribution in [3.63, 3.8) is 0 Å². The maximum atomic E-state index is 13.3. The van der Waals surface area contributed by atoms with Crippen LogP contribution >= 0.6 is 0 Å². The van der Waals surface area contributed by atoms with Gasteiger partial charge in [0, 0.05) is 40.7 Å². The fourth-order valence-corrected chi connectivity index (χ4v) is 8.04. The molecule has 260 valence electrons. The molecule has 3 heterocycles. The van der Waals surface area contributed by atoms with Gasteiger partial charge in [0.15, 0.2) is 0 Å². The van der Waals surface area contributed by atoms with Gasteiger partial charge < -0.3 is 14.0 Å². The number of methoxy groups -OCH3 is 1. The van der Waals surface area contributed by atoms with Crippen LogP contribution in [0, 0.1) is 32.9 Å². The Hall–Kier alpha value is -5.50. The number of sulfone groups is 1. The van der Waals surface area contributed by atoms with Crippen LogP contribution < -0.4 is 9.47 Å². The number of benzene rings is 5. The summed E-state index contributed by atoms with van der Waals surface area (Å²) in [5.74, 6) is 2.30. The van der Waals surface area contributed by atoms with E-state index in [1.54, 1.807) is 66.5 Å². The van der Waals surface area contributed by atoms with E-state index in [0.717, 1.165) is 55.4 Å². The average Bonchev–Trinajstić information content (AvgIpc) is 3.75. The molecule has 52 heavy (non-hydrogen) atoms. The third kappa shape index (κ3) is 6.31. The summed E-state index contributed by atoms with van der Waals surface area (Å²) in [6, 6.07) is 38.5. The Morgan fingerprint density at radius 1 is 0.750 bits per heavy atom. The number of aromatic nitrogens is 4. The Kier molecular flexibility index (Phi) is 9.34. The molecule has 10 heteroatoms. The third-order valence-electron chi connectivity index (χ3n) is 8.93. The van der Waals surface area contributed by atoms with E-state index in [1.165, 1.54) is 0 Å². The standard InChI is InChI=1S/C42H32N4O4S.Pt/c1-27-16-17-43-41(18-27)46-39-13-9-8-12-37(39)38-15-14-32(24-40(38)46)50-34-22-31(21-33(23-34)49-4)45-26-30(25-44-45)42-28(2)19-36(20-29(42)3)51(47,48)35-10-6-5-7-11-35;/h5-21,23,25-26H,1-4H3;/q-2;+2. The Balaban J connectivity index is 0.00000420. The summed E-state index contributed by atoms with van der Waals surface area (Å²) in [6.07, 6.45) is 5.46. The second kappa shape index (κ2) is 13.9. The van der Waals surface area contributed by atoms with E-state index in [9.17, 15) is 8.42 Å². The topological polar surface area (TPSA) is 88.2 Å². The third-order valence-corrected chi connectivity index (χ3v) is 10.7. The number of ether oxygens (including phenoxy) is 2. The van der Waals surface area contributed by atoms with Gasteiger partial charge >= 0.3 is 21.1 Å². The van der Waals surface area contributed by atoms with Crippen LogP contribution in [0.15, 0.2) is 132 Å². The summed E-state index contributed by atoms with van der Waals surface area (Å²) in [5, 5.41) is 6.78. The van der Waals surface area contributed by atoms with E-state index in [-0.39, 0.29) is 30.9 Å². The predicted molar refractivity (Wildman–Crippen MR) is 198 cm³/mol. The van der Waals surface area contributed by atoms with Gasteiger partial charge in [-0.2, -0.15) is 11.2 Å². The van der Waals surface area contributed by atoms with E-state index >= 15 is 0 Å². The van der Waals surface area contributed by atoms with Gasteiger partial charge in [0.25, 0.3) is 0 Å². The van der Waals surface area contributed by atoms with Gasteiger partial charge in [-0.1, -0.05) is 48.0 Å². The SMILES string of the molecule is COc1cc(Oc2[c-]c3c(cc2)c2ccccc2n3-c2cc(C)ccn2)[c-]c(-n2cc(-c3c(C)cc(S(=O)(=O)c4ccccc4)cc3C)cn2)c1.[Pt+2]. The molecular weight excluding hydrogens is 852 g/mol. The van der Waals surface area contributed by atoms with E-state index in [1.807, 2.05) is 69.6 Å². The summed E-state index contributed by atoms with van der Waals surface area (Å²) in [4.78, 5) is 5.19. The summed E-state index contributed by atoms with van der Waals surface area (Å²) in [6.45, 7) is 5.87. The molecule has 0 bridgehead atoms. The molecule has 0 amide bonds. The molecule has 8 nitrogen and oxygen atoms in total. The number of nitrogens with zero attached hydrogens (tertiary/aromatic N) is 4. The minimum Gasteiger partial charge on any atom is -0.522 e. The van der Waals surface area contributed by atoms with E-state index < -0.39 is 9.84 Å². The van der Waals surface area contributed by atoms with Gasteiger partial charge in [-0.15, -0.1) is 29.7 Å². The molecule has 5 aromatic carbocycles. The van der Waals surface area contributed by atoms with Gasteiger partial charge in [0.2, 0.25) is 9.84 Å². The first-order chi connectivity index (χ1) is 24.7. The van der Waals surface area contributed by atoms with Gasteiger partial charge in [-0.05, 0) is 96.6 Å². The number of fused-ring (bicyclic) bond motifs is 3. The number of pyridine rings is 1. The number of para-hydroxylation sites is 1. The predicted octanol–water partition coefficient (Wildman–Crippen LogP) is 9.19. The zero-order valence-electron chi connectivity index (χ0n) is 28.7. The van der Waals surface area contributed by atoms with E-state index in [4.69, 9.17) is 9.47 Å². The van der Waals surface area contributed by atoms with Gasteiger partial charge in [-0.3, -0.25) is 4.68 Å². The summed E-state index contributed by atoms with van der Waals surface area (Å²) in [5.41, 5.74) is 6.99. The molecule has 0 atom stereocenters. The first-order valence-electron chi connectivity index (χ1n) is 16.3. The summed E-state index contributed by atoms with van der Waals surface area (Å²) in [7, 11) is -2.06. The molecular formula is C42H32N4O4PtS. The molecule has 8 aromatic rings. The molecule has 0 spiro atoms. The zero-order chi connectivity index (χ0) is 35.3. The van der Waals surface area contributed by atoms with Crippen molar-refractivity contribution in [1.82, 2.24) is 19.3 Å². The van der Waals surface area contributed by atoms with Crippen LogP contribution in [0.4, 0.5) is 0 Å². The molecule has 0 aliphatic heterocycles. The molecule has 8 rings (SSSR count). The second-order valence-corrected chi connectivity index (χ2v) is 14.4. The molecule has 0 saturated carbocycles. The van der Waals surface area contributed by atoms with Crippen molar-refractivity contribution in [1.29, 1.82) is 0 Å². The molecule has 0 unspecified atom stereocenters. The van der Waals surface area contributed by atoms with Gasteiger partial charge in [-0.25, -0.2) is 13.4 Å². The van der Waals surface area contributed by atoms with Gasteiger partial charge in [0.05, 0.1) is 23.1 Å². The number of hydrogen-bond donors (Lipinski definition) is 0. The van der Waals surface area contributed by atoms with Crippen molar-refractivity contribution < 1.29 is 39.0 Å². The van der Waals surface area contributed by atoms with Crippen LogP contribution in [0.3, 0.4) is 0 Å². The second-order valence-electron chi connectivity index (χ2n) is 12.4. The van der Waals surface area contributed by atoms with Crippen LogP contribution in [0.1, 0.15) is 16.7 Å². The summed E-state index contributed by atoms with van der Waals surface area (Å²) < 4.78 is 42.5. The quantitative estimate of drug-likeness (QED) is 0.142. The van der Waals surface area contributed by atoms with Crippen molar-refractivity contribution in [2.45, 2.75) is 30.6 Å². The Labute approximate surface area is 316 Å². The first-order valence-corrected chi connectivity index (χ1v) is 17.8. The maximum absolute atomic E-state index is 13.3. The average molecular weight is 884 g/mol. The molecule has 0 fully saturated rings. The fourth-order valence-electron chi connectivity index (χ4n) is 6.59. The first kappa shape index (κ1) is 34.9. The van der Waals surface area contributed by atoms with Crippen LogP contribution in [0.2, 0.25) is 0 Å². The zero-order valence-corrected chi connectivity index (χ0v) is 31.8. The van der Waals surface area contributed by atoms with Crippen molar-refractivity contribution in [3.05, 3.63) is 151 Å². The molecule has 0 aliphatic rings. The van der Waals surface area contributed by atoms with Crippen molar-refractivity contribution in [2.75, 3.05) is 7.11 Å². The smallest absolute Gasteiger partial charge is 0.522 e. The van der Waals surface area contributed by atoms with Crippen LogP contribution in [-0.4, -0.2) is 34.9 Å². The number of rotatable bonds is 8. The molecule has 0 N–H and O–H groups in total. The Bertz CT molecular complexity index is 2700. The molecule has 0 saturated heterocycles. The van der Waals surface area contributed by atoms with Crippen molar-refractivity contribution in [3.8, 4) is 39.9 Å². The molecule has 0 radical (unpaired) electrons. The Morgan fingerprint density at radius 3 is 2.25 bits per heavy atom. The maximum Gasteiger partial charge on any atom is 2.00 e. The van der Waals surface area contributed by atoms with Crippen LogP contribution in [-0.2, 0) is 30.9 Å². The Morgan fingerprint density at radius 2 is 1.50 bits per heavy atom. The number of hydrogen-bond acceptors (Lipinski definition) is 6. The fraction of sp³-hybridized carbons (Fsp3) is 0.0952. The number of aryl methyl sites for hydroxylation is 3. The van der Waals surface area contributed by atoms with E-state index in [2.05, 4.69) is 45.0 Å². The normalized spacial score (nSPS) is 11.5. The monoisotopic (exact) mass is 883 g/mol. The van der Waals surface area contributed by atoms with Gasteiger partial charge in [0.1, 0.15) is 5.82 Å². The summed E-state index contributed by atoms with van der Waals surface area (Å²) >= 11 is 0. The van der Waals surface area contributed by atoms with Crippen molar-refractivity contribution >= 4 is 31.6 Å². The minimum atomic E-state index is -3.66. The van der Waals surface area contributed by atoms with Crippen molar-refractivity contribution in [2.24, 2.45) is 0 Å². The molecule has 3 aromatic heterocycles. The van der Waals surface area contributed by atoms with Crippen LogP contribution in [0.25, 0.3) is 44.4 Å².